The van der Waals surface area contributed by atoms with Crippen LogP contribution in [0.3, 0.4) is 0 Å². The van der Waals surface area contributed by atoms with Gasteiger partial charge in [-0.2, -0.15) is 0 Å². The Morgan fingerprint density at radius 2 is 2.35 bits per heavy atom. The highest BCUT2D eigenvalue weighted by molar-refractivity contribution is 5.02. The highest BCUT2D eigenvalue weighted by atomic mass is 19.1. The van der Waals surface area contributed by atoms with Crippen molar-refractivity contribution in [2.75, 3.05) is 6.67 Å². The monoisotopic (exact) mass is 244 g/mol. The lowest BCUT2D eigenvalue weighted by molar-refractivity contribution is -0.0312. The molecule has 1 fully saturated rings. The smallest absolute Gasteiger partial charge is 0.330 e. The molecule has 3 atom stereocenters. The van der Waals surface area contributed by atoms with E-state index in [9.17, 15) is 19.1 Å². The molecule has 0 spiro atoms. The second-order valence-electron chi connectivity index (χ2n) is 4.07. The van der Waals surface area contributed by atoms with Gasteiger partial charge in [0.1, 0.15) is 19.0 Å². The molecule has 1 aromatic heterocycles. The van der Waals surface area contributed by atoms with E-state index in [4.69, 9.17) is 4.74 Å². The molecule has 17 heavy (non-hydrogen) atoms. The Hall–Kier alpha value is -1.47. The minimum absolute atomic E-state index is 0.125. The zero-order valence-corrected chi connectivity index (χ0v) is 9.22. The molecular formula is C10H13FN2O4. The fraction of sp³-hybridized carbons (Fsp3) is 0.600. The van der Waals surface area contributed by atoms with Crippen molar-refractivity contribution >= 4 is 0 Å². The van der Waals surface area contributed by atoms with E-state index in [-0.39, 0.29) is 6.42 Å². The van der Waals surface area contributed by atoms with Gasteiger partial charge < -0.3 is 9.84 Å². The summed E-state index contributed by atoms with van der Waals surface area (Å²) in [5.74, 6) is 0. The number of aliphatic hydroxyl groups excluding tert-OH is 1. The molecule has 1 aliphatic heterocycles. The lowest BCUT2D eigenvalue weighted by atomic mass is 10.2. The number of alkyl halides is 1. The standard InChI is InChI=1S/C10H13FN2O4/c1-5-4-13(10(16)12-9(5)15)8-2-6(14)7(3-11)17-8/h4,6-8,14H,2-3H2,1H3,(H,12,15,16)/t6-,7-,8-/m0/s1. The number of nitrogens with zero attached hydrogens (tertiary/aromatic N) is 1. The number of hydrogen-bond donors (Lipinski definition) is 2. The average molecular weight is 244 g/mol. The third-order valence-corrected chi connectivity index (χ3v) is 2.81. The summed E-state index contributed by atoms with van der Waals surface area (Å²) in [6.07, 6.45) is -1.13. The van der Waals surface area contributed by atoms with Crippen LogP contribution in [0.1, 0.15) is 18.2 Å². The molecule has 1 saturated heterocycles. The first kappa shape index (κ1) is 12.0. The van der Waals surface area contributed by atoms with Gasteiger partial charge in [0.2, 0.25) is 0 Å². The topological polar surface area (TPSA) is 84.3 Å². The molecule has 0 aromatic carbocycles. The molecule has 1 aliphatic rings. The van der Waals surface area contributed by atoms with E-state index in [1.807, 2.05) is 0 Å². The number of aromatic nitrogens is 2. The Balaban J connectivity index is 2.34. The Morgan fingerprint density at radius 3 is 2.94 bits per heavy atom. The first-order chi connectivity index (χ1) is 8.02. The van der Waals surface area contributed by atoms with Crippen molar-refractivity contribution in [2.45, 2.75) is 31.8 Å². The first-order valence-electron chi connectivity index (χ1n) is 5.24. The fourth-order valence-corrected chi connectivity index (χ4v) is 1.82. The molecule has 6 nitrogen and oxygen atoms in total. The van der Waals surface area contributed by atoms with E-state index in [0.717, 1.165) is 4.57 Å². The van der Waals surface area contributed by atoms with Crippen LogP contribution in [0.5, 0.6) is 0 Å². The highest BCUT2D eigenvalue weighted by Crippen LogP contribution is 2.27. The van der Waals surface area contributed by atoms with Gasteiger partial charge in [0.15, 0.2) is 0 Å². The van der Waals surface area contributed by atoms with Gasteiger partial charge in [0.05, 0.1) is 6.10 Å². The van der Waals surface area contributed by atoms with E-state index in [1.165, 1.54) is 6.20 Å². The number of aliphatic hydroxyl groups is 1. The third-order valence-electron chi connectivity index (χ3n) is 2.81. The van der Waals surface area contributed by atoms with Crippen LogP contribution in [-0.4, -0.2) is 33.5 Å². The third kappa shape index (κ3) is 2.16. The lowest BCUT2D eigenvalue weighted by Crippen LogP contribution is -2.33. The summed E-state index contributed by atoms with van der Waals surface area (Å²) >= 11 is 0. The molecule has 1 aromatic rings. The van der Waals surface area contributed by atoms with Gasteiger partial charge in [0.25, 0.3) is 5.56 Å². The summed E-state index contributed by atoms with van der Waals surface area (Å²) in [5.41, 5.74) is -0.740. The van der Waals surface area contributed by atoms with Gasteiger partial charge >= 0.3 is 5.69 Å². The van der Waals surface area contributed by atoms with Crippen LogP contribution < -0.4 is 11.2 Å². The van der Waals surface area contributed by atoms with Gasteiger partial charge in [-0.1, -0.05) is 0 Å². The summed E-state index contributed by atoms with van der Waals surface area (Å²) in [4.78, 5) is 24.8. The maximum absolute atomic E-state index is 12.5. The number of ether oxygens (including phenoxy) is 1. The normalized spacial score (nSPS) is 28.5. The van der Waals surface area contributed by atoms with Crippen molar-refractivity contribution in [1.82, 2.24) is 9.55 Å². The molecule has 2 heterocycles. The van der Waals surface area contributed by atoms with Crippen molar-refractivity contribution in [3.05, 3.63) is 32.6 Å². The Bertz CT molecular complexity index is 524. The lowest BCUT2D eigenvalue weighted by Gasteiger charge is -2.14. The molecule has 94 valence electrons. The maximum atomic E-state index is 12.5. The van der Waals surface area contributed by atoms with E-state index >= 15 is 0 Å². The zero-order chi connectivity index (χ0) is 12.6. The predicted octanol–water partition coefficient (Wildman–Crippen LogP) is -0.537. The van der Waals surface area contributed by atoms with Crippen molar-refractivity contribution in [2.24, 2.45) is 0 Å². The molecule has 0 saturated carbocycles. The minimum atomic E-state index is -0.941. The van der Waals surface area contributed by atoms with Crippen molar-refractivity contribution in [3.63, 3.8) is 0 Å². The van der Waals surface area contributed by atoms with Crippen molar-refractivity contribution < 1.29 is 14.2 Å². The largest absolute Gasteiger partial charge is 0.390 e. The molecular weight excluding hydrogens is 231 g/mol. The number of hydrogen-bond acceptors (Lipinski definition) is 4. The fourth-order valence-electron chi connectivity index (χ4n) is 1.82. The maximum Gasteiger partial charge on any atom is 0.330 e. The first-order valence-corrected chi connectivity index (χ1v) is 5.24. The van der Waals surface area contributed by atoms with Crippen LogP contribution in [0.4, 0.5) is 4.39 Å². The second-order valence-corrected chi connectivity index (χ2v) is 4.07. The summed E-state index contributed by atoms with van der Waals surface area (Å²) in [5, 5.41) is 9.48. The molecule has 2 N–H and O–H groups in total. The molecule has 0 bridgehead atoms. The van der Waals surface area contributed by atoms with E-state index < -0.39 is 36.4 Å². The van der Waals surface area contributed by atoms with Crippen molar-refractivity contribution in [1.29, 1.82) is 0 Å². The van der Waals surface area contributed by atoms with Crippen LogP contribution in [0, 0.1) is 6.92 Å². The summed E-state index contributed by atoms with van der Waals surface area (Å²) in [6, 6.07) is 0. The Morgan fingerprint density at radius 1 is 1.65 bits per heavy atom. The molecule has 0 aliphatic carbocycles. The molecule has 7 heteroatoms. The van der Waals surface area contributed by atoms with Gasteiger partial charge in [-0.25, -0.2) is 9.18 Å². The number of aromatic amines is 1. The van der Waals surface area contributed by atoms with Crippen LogP contribution in [-0.2, 0) is 4.74 Å². The van der Waals surface area contributed by atoms with Crippen molar-refractivity contribution in [3.8, 4) is 0 Å². The van der Waals surface area contributed by atoms with Gasteiger partial charge in [0, 0.05) is 18.2 Å². The number of H-pyrrole nitrogens is 1. The Kier molecular flexibility index (Phi) is 3.12. The van der Waals surface area contributed by atoms with Crippen LogP contribution in [0.2, 0.25) is 0 Å². The Labute approximate surface area is 95.7 Å². The predicted molar refractivity (Wildman–Crippen MR) is 56.6 cm³/mol. The number of aryl methyl sites for hydroxylation is 1. The summed E-state index contributed by atoms with van der Waals surface area (Å²) in [7, 11) is 0. The van der Waals surface area contributed by atoms with E-state index in [1.54, 1.807) is 6.92 Å². The molecule has 0 amide bonds. The van der Waals surface area contributed by atoms with Crippen LogP contribution in [0.25, 0.3) is 0 Å². The van der Waals surface area contributed by atoms with E-state index in [2.05, 4.69) is 4.98 Å². The number of rotatable bonds is 2. The number of halogens is 1. The van der Waals surface area contributed by atoms with Gasteiger partial charge in [-0.15, -0.1) is 0 Å². The highest BCUT2D eigenvalue weighted by Gasteiger charge is 2.35. The quantitative estimate of drug-likeness (QED) is 0.732. The molecule has 2 rings (SSSR count). The number of nitrogens with one attached hydrogen (secondary N) is 1. The second kappa shape index (κ2) is 4.42. The molecule has 0 unspecified atom stereocenters. The van der Waals surface area contributed by atoms with Gasteiger partial charge in [-0.3, -0.25) is 14.3 Å². The zero-order valence-electron chi connectivity index (χ0n) is 9.22. The molecule has 0 radical (unpaired) electrons. The van der Waals surface area contributed by atoms with E-state index in [0.29, 0.717) is 5.56 Å². The van der Waals surface area contributed by atoms with Crippen LogP contribution in [0.15, 0.2) is 15.8 Å². The average Bonchev–Trinajstić information content (AvgIpc) is 2.65. The van der Waals surface area contributed by atoms with Crippen LogP contribution >= 0.6 is 0 Å². The van der Waals surface area contributed by atoms with Gasteiger partial charge in [-0.05, 0) is 6.92 Å². The SMILES string of the molecule is Cc1cn([C@@H]2C[C@H](O)[C@H](CF)O2)c(=O)[nH]c1=O. The summed E-state index contributed by atoms with van der Waals surface area (Å²) < 4.78 is 18.8. The minimum Gasteiger partial charge on any atom is -0.390 e. The summed E-state index contributed by atoms with van der Waals surface area (Å²) in [6.45, 7) is 0.738.